The van der Waals surface area contributed by atoms with Crippen LogP contribution in [-0.4, -0.2) is 56.2 Å². The zero-order valence-corrected chi connectivity index (χ0v) is 15.5. The molecule has 9 nitrogen and oxygen atoms in total. The molecule has 0 fully saturated rings. The lowest BCUT2D eigenvalue weighted by Crippen LogP contribution is -2.57. The van der Waals surface area contributed by atoms with E-state index >= 15 is 0 Å². The van der Waals surface area contributed by atoms with Gasteiger partial charge in [-0.25, -0.2) is 14.6 Å². The van der Waals surface area contributed by atoms with Gasteiger partial charge in [-0.15, -0.1) is 0 Å². The number of aliphatic hydroxyl groups excluding tert-OH is 1. The van der Waals surface area contributed by atoms with Crippen LogP contribution in [0.1, 0.15) is 33.2 Å². The van der Waals surface area contributed by atoms with E-state index in [0.717, 1.165) is 5.01 Å². The first-order valence-corrected chi connectivity index (χ1v) is 8.81. The van der Waals surface area contributed by atoms with E-state index in [-0.39, 0.29) is 17.7 Å². The number of imide groups is 1. The highest BCUT2D eigenvalue weighted by Gasteiger charge is 2.42. The molecule has 0 aromatic heterocycles. The van der Waals surface area contributed by atoms with Crippen LogP contribution in [-0.2, 0) is 11.3 Å². The van der Waals surface area contributed by atoms with Crippen molar-refractivity contribution in [2.75, 3.05) is 0 Å². The molecule has 1 aliphatic rings. The first-order valence-electron chi connectivity index (χ1n) is 8.81. The second-order valence-corrected chi connectivity index (χ2v) is 6.52. The van der Waals surface area contributed by atoms with Gasteiger partial charge in [0.1, 0.15) is 0 Å². The van der Waals surface area contributed by atoms with Crippen molar-refractivity contribution in [2.24, 2.45) is 0 Å². The summed E-state index contributed by atoms with van der Waals surface area (Å²) in [6.07, 6.45) is -1.39. The smallest absolute Gasteiger partial charge is 0.337 e. The van der Waals surface area contributed by atoms with Crippen molar-refractivity contribution in [1.29, 1.82) is 0 Å². The molecule has 2 aromatic rings. The third-order valence-corrected chi connectivity index (χ3v) is 4.45. The van der Waals surface area contributed by atoms with Crippen LogP contribution in [0.15, 0.2) is 54.6 Å². The molecule has 2 unspecified atom stereocenters. The summed E-state index contributed by atoms with van der Waals surface area (Å²) in [5, 5.41) is 22.6. The van der Waals surface area contributed by atoms with Crippen molar-refractivity contribution in [3.05, 3.63) is 71.3 Å². The van der Waals surface area contributed by atoms with Crippen molar-refractivity contribution < 1.29 is 29.4 Å². The molecule has 1 heterocycles. The van der Waals surface area contributed by atoms with Gasteiger partial charge >= 0.3 is 12.0 Å². The highest BCUT2D eigenvalue weighted by molar-refractivity contribution is 6.21. The molecule has 2 aromatic carbocycles. The third kappa shape index (κ3) is 3.94. The van der Waals surface area contributed by atoms with Crippen LogP contribution >= 0.6 is 0 Å². The molecule has 0 saturated carbocycles. The fraction of sp³-hybridized carbons (Fsp3) is 0.200. The second kappa shape index (κ2) is 8.11. The molecular weight excluding hydrogens is 378 g/mol. The van der Waals surface area contributed by atoms with E-state index < -0.39 is 36.0 Å². The van der Waals surface area contributed by atoms with Crippen LogP contribution in [0.3, 0.4) is 0 Å². The summed E-state index contributed by atoms with van der Waals surface area (Å²) < 4.78 is 0. The number of carbonyl (C=O) groups is 4. The molecule has 0 aliphatic carbocycles. The Hall–Kier alpha value is -3.72. The summed E-state index contributed by atoms with van der Waals surface area (Å²) >= 11 is 0. The number of rotatable bonds is 6. The van der Waals surface area contributed by atoms with E-state index in [0.29, 0.717) is 10.6 Å². The Bertz CT molecular complexity index is 925. The number of urea groups is 1. The van der Waals surface area contributed by atoms with Gasteiger partial charge in [0, 0.05) is 0 Å². The number of amides is 4. The summed E-state index contributed by atoms with van der Waals surface area (Å²) in [5.74, 6) is -2.84. The van der Waals surface area contributed by atoms with E-state index in [1.807, 2.05) is 0 Å². The summed E-state index contributed by atoms with van der Waals surface area (Å²) in [6.45, 7) is 1.05. The number of carboxylic acid groups (broad SMARTS) is 1. The minimum absolute atomic E-state index is 0.147. The average molecular weight is 397 g/mol. The number of hydrogen-bond donors (Lipinski definition) is 3. The summed E-state index contributed by atoms with van der Waals surface area (Å²) in [4.78, 5) is 49.9. The predicted octanol–water partition coefficient (Wildman–Crippen LogP) is 1.24. The van der Waals surface area contributed by atoms with E-state index in [1.54, 1.807) is 42.5 Å². The van der Waals surface area contributed by atoms with E-state index in [2.05, 4.69) is 5.32 Å². The zero-order valence-electron chi connectivity index (χ0n) is 15.5. The van der Waals surface area contributed by atoms with Gasteiger partial charge < -0.3 is 15.5 Å². The molecule has 3 N–H and O–H groups in total. The van der Waals surface area contributed by atoms with Gasteiger partial charge in [0.25, 0.3) is 11.8 Å². The lowest BCUT2D eigenvalue weighted by atomic mass is 10.1. The van der Waals surface area contributed by atoms with Gasteiger partial charge in [-0.1, -0.05) is 42.5 Å². The van der Waals surface area contributed by atoms with E-state index in [9.17, 15) is 29.4 Å². The molecule has 0 bridgehead atoms. The normalized spacial score (nSPS) is 14.9. The molecule has 3 rings (SSSR count). The van der Waals surface area contributed by atoms with Gasteiger partial charge in [-0.05, 0) is 24.6 Å². The molecular formula is C20H19N3O6. The van der Waals surface area contributed by atoms with Crippen LogP contribution in [0.2, 0.25) is 0 Å². The summed E-state index contributed by atoms with van der Waals surface area (Å²) in [5.41, 5.74) is 0.908. The number of hydrazine groups is 1. The minimum atomic E-state index is -1.61. The van der Waals surface area contributed by atoms with Crippen molar-refractivity contribution >= 4 is 23.8 Å². The molecule has 0 saturated heterocycles. The van der Waals surface area contributed by atoms with Gasteiger partial charge in [0.15, 0.2) is 6.04 Å². The van der Waals surface area contributed by atoms with Gasteiger partial charge in [-0.2, -0.15) is 5.01 Å². The molecule has 9 heteroatoms. The summed E-state index contributed by atoms with van der Waals surface area (Å²) in [7, 11) is 0. The number of fused-ring (bicyclic) bond motifs is 1. The maximum absolute atomic E-state index is 12.9. The maximum Gasteiger partial charge on any atom is 0.337 e. The Morgan fingerprint density at radius 2 is 1.52 bits per heavy atom. The van der Waals surface area contributed by atoms with Crippen LogP contribution in [0, 0.1) is 0 Å². The number of nitrogens with one attached hydrogen (secondary N) is 1. The van der Waals surface area contributed by atoms with Gasteiger partial charge in [0.2, 0.25) is 0 Å². The number of aliphatic hydroxyl groups is 1. The fourth-order valence-electron chi connectivity index (χ4n) is 2.98. The lowest BCUT2D eigenvalue weighted by molar-refractivity contribution is -0.141. The quantitative estimate of drug-likeness (QED) is 0.630. The van der Waals surface area contributed by atoms with E-state index in [4.69, 9.17) is 0 Å². The Labute approximate surface area is 166 Å². The topological polar surface area (TPSA) is 127 Å². The molecule has 1 aliphatic heterocycles. The monoisotopic (exact) mass is 397 g/mol. The zero-order chi connectivity index (χ0) is 21.1. The van der Waals surface area contributed by atoms with Crippen LogP contribution in [0.4, 0.5) is 4.79 Å². The second-order valence-electron chi connectivity index (χ2n) is 6.52. The number of aliphatic carboxylic acids is 1. The highest BCUT2D eigenvalue weighted by Crippen LogP contribution is 2.25. The molecule has 0 spiro atoms. The Kier molecular flexibility index (Phi) is 5.60. The number of benzene rings is 2. The summed E-state index contributed by atoms with van der Waals surface area (Å²) in [6, 6.07) is 12.1. The standard InChI is InChI=1S/C20H19N3O6/c1-12(24)16(19(27)28)21-20(29)22(11-13-7-3-2-4-8-13)23-17(25)14-9-5-6-10-15(14)18(23)26/h2-10,12,16,24H,11H2,1H3,(H,21,29)(H,27,28). The number of carboxylic acids is 1. The van der Waals surface area contributed by atoms with E-state index in [1.165, 1.54) is 19.1 Å². The number of nitrogens with zero attached hydrogens (tertiary/aromatic N) is 2. The maximum atomic E-state index is 12.9. The minimum Gasteiger partial charge on any atom is -0.480 e. The molecule has 2 atom stereocenters. The van der Waals surface area contributed by atoms with Crippen LogP contribution in [0.25, 0.3) is 0 Å². The Morgan fingerprint density at radius 3 is 2.00 bits per heavy atom. The predicted molar refractivity (Wildman–Crippen MR) is 101 cm³/mol. The fourth-order valence-corrected chi connectivity index (χ4v) is 2.98. The third-order valence-electron chi connectivity index (χ3n) is 4.45. The average Bonchev–Trinajstić information content (AvgIpc) is 2.95. The van der Waals surface area contributed by atoms with Crippen molar-refractivity contribution in [1.82, 2.24) is 15.3 Å². The van der Waals surface area contributed by atoms with Crippen molar-refractivity contribution in [3.8, 4) is 0 Å². The van der Waals surface area contributed by atoms with Crippen LogP contribution < -0.4 is 5.32 Å². The molecule has 4 amide bonds. The Balaban J connectivity index is 1.96. The number of hydrogen-bond acceptors (Lipinski definition) is 5. The SMILES string of the molecule is CC(O)C(NC(=O)N(Cc1ccccc1)N1C(=O)c2ccccc2C1=O)C(=O)O. The first-order chi connectivity index (χ1) is 13.8. The molecule has 150 valence electrons. The molecule has 29 heavy (non-hydrogen) atoms. The lowest BCUT2D eigenvalue weighted by Gasteiger charge is -2.31. The van der Waals surface area contributed by atoms with Crippen LogP contribution in [0.5, 0.6) is 0 Å². The van der Waals surface area contributed by atoms with Gasteiger partial charge in [0.05, 0.1) is 23.8 Å². The Morgan fingerprint density at radius 1 is 1.00 bits per heavy atom. The van der Waals surface area contributed by atoms with Crippen molar-refractivity contribution in [2.45, 2.75) is 25.6 Å². The van der Waals surface area contributed by atoms with Gasteiger partial charge in [-0.3, -0.25) is 9.59 Å². The first kappa shape index (κ1) is 20.0. The number of carbonyl (C=O) groups excluding carboxylic acids is 3. The van der Waals surface area contributed by atoms with Crippen molar-refractivity contribution in [3.63, 3.8) is 0 Å². The molecule has 0 radical (unpaired) electrons. The highest BCUT2D eigenvalue weighted by atomic mass is 16.4. The largest absolute Gasteiger partial charge is 0.480 e.